The van der Waals surface area contributed by atoms with Crippen molar-refractivity contribution in [2.75, 3.05) is 29.9 Å². The standard InChI is InChI=1S/C27H30N2/c1-21-11-15-24(16-12-21)28(3)27-10-6-5-9-26(27)22(2)23-13-17-25(18-14-23)29-19-7-4-8-20-29/h5-6,9-18H,2,4,7-8,19-20H2,1,3H3. The van der Waals surface area contributed by atoms with Gasteiger partial charge in [-0.2, -0.15) is 0 Å². The zero-order chi connectivity index (χ0) is 20.2. The summed E-state index contributed by atoms with van der Waals surface area (Å²) >= 11 is 0. The average Bonchev–Trinajstić information content (AvgIpc) is 2.79. The Bertz CT molecular complexity index is 964. The van der Waals surface area contributed by atoms with Crippen LogP contribution in [0.1, 0.15) is 36.0 Å². The predicted octanol–water partition coefficient (Wildman–Crippen LogP) is 6.81. The molecular formula is C27H30N2. The van der Waals surface area contributed by atoms with Crippen molar-refractivity contribution in [3.63, 3.8) is 0 Å². The van der Waals surface area contributed by atoms with Crippen LogP contribution in [0.2, 0.25) is 0 Å². The molecule has 148 valence electrons. The van der Waals surface area contributed by atoms with E-state index in [1.165, 1.54) is 66.1 Å². The molecule has 0 aromatic heterocycles. The van der Waals surface area contributed by atoms with E-state index in [0.717, 1.165) is 5.57 Å². The van der Waals surface area contributed by atoms with Gasteiger partial charge in [-0.05, 0) is 67.7 Å². The Balaban J connectivity index is 1.60. The fraction of sp³-hybridized carbons (Fsp3) is 0.259. The SMILES string of the molecule is C=C(c1ccc(N2CCCCC2)cc1)c1ccccc1N(C)c1ccc(C)cc1. The van der Waals surface area contributed by atoms with Gasteiger partial charge in [0.15, 0.2) is 0 Å². The van der Waals surface area contributed by atoms with Gasteiger partial charge in [0.25, 0.3) is 0 Å². The molecule has 0 atom stereocenters. The van der Waals surface area contributed by atoms with Gasteiger partial charge in [0.2, 0.25) is 0 Å². The lowest BCUT2D eigenvalue weighted by Gasteiger charge is -2.29. The fourth-order valence-electron chi connectivity index (χ4n) is 4.11. The van der Waals surface area contributed by atoms with Crippen LogP contribution in [0.25, 0.3) is 5.57 Å². The topological polar surface area (TPSA) is 6.48 Å². The van der Waals surface area contributed by atoms with Crippen LogP contribution in [0.3, 0.4) is 0 Å². The van der Waals surface area contributed by atoms with Crippen molar-refractivity contribution in [2.45, 2.75) is 26.2 Å². The molecule has 0 bridgehead atoms. The normalized spacial score (nSPS) is 13.9. The first kappa shape index (κ1) is 19.3. The lowest BCUT2D eigenvalue weighted by atomic mass is 9.97. The highest BCUT2D eigenvalue weighted by atomic mass is 15.1. The van der Waals surface area contributed by atoms with Gasteiger partial charge in [0.1, 0.15) is 0 Å². The molecule has 3 aromatic carbocycles. The van der Waals surface area contributed by atoms with E-state index in [2.05, 4.69) is 103 Å². The number of para-hydroxylation sites is 1. The quantitative estimate of drug-likeness (QED) is 0.478. The highest BCUT2D eigenvalue weighted by Gasteiger charge is 2.14. The van der Waals surface area contributed by atoms with Crippen molar-refractivity contribution < 1.29 is 0 Å². The van der Waals surface area contributed by atoms with Gasteiger partial charge in [-0.3, -0.25) is 0 Å². The molecule has 0 amide bonds. The largest absolute Gasteiger partial charge is 0.372 e. The molecule has 0 aliphatic carbocycles. The summed E-state index contributed by atoms with van der Waals surface area (Å²) in [6.45, 7) is 8.91. The second-order valence-corrected chi connectivity index (χ2v) is 7.98. The van der Waals surface area contributed by atoms with Crippen LogP contribution in [-0.4, -0.2) is 20.1 Å². The van der Waals surface area contributed by atoms with E-state index in [1.807, 2.05) is 0 Å². The number of anilines is 3. The first-order valence-electron chi connectivity index (χ1n) is 10.6. The molecule has 0 saturated carbocycles. The van der Waals surface area contributed by atoms with Crippen molar-refractivity contribution in [3.8, 4) is 0 Å². The number of aryl methyl sites for hydroxylation is 1. The lowest BCUT2D eigenvalue weighted by Crippen LogP contribution is -2.29. The first-order valence-corrected chi connectivity index (χ1v) is 10.6. The molecule has 29 heavy (non-hydrogen) atoms. The van der Waals surface area contributed by atoms with Crippen molar-refractivity contribution in [1.82, 2.24) is 0 Å². The highest BCUT2D eigenvalue weighted by molar-refractivity contribution is 5.87. The summed E-state index contributed by atoms with van der Waals surface area (Å²) < 4.78 is 0. The summed E-state index contributed by atoms with van der Waals surface area (Å²) in [4.78, 5) is 4.73. The van der Waals surface area contributed by atoms with Gasteiger partial charge < -0.3 is 9.80 Å². The smallest absolute Gasteiger partial charge is 0.0487 e. The number of benzene rings is 3. The van der Waals surface area contributed by atoms with Crippen molar-refractivity contribution in [1.29, 1.82) is 0 Å². The third kappa shape index (κ3) is 4.22. The number of hydrogen-bond donors (Lipinski definition) is 0. The van der Waals surface area contributed by atoms with E-state index >= 15 is 0 Å². The molecule has 0 N–H and O–H groups in total. The fourth-order valence-corrected chi connectivity index (χ4v) is 4.11. The van der Waals surface area contributed by atoms with Crippen LogP contribution in [0.5, 0.6) is 0 Å². The Labute approximate surface area is 175 Å². The number of nitrogens with zero attached hydrogens (tertiary/aromatic N) is 2. The Morgan fingerprint density at radius 2 is 1.48 bits per heavy atom. The van der Waals surface area contributed by atoms with Crippen molar-refractivity contribution in [2.24, 2.45) is 0 Å². The van der Waals surface area contributed by atoms with Crippen LogP contribution < -0.4 is 9.80 Å². The minimum Gasteiger partial charge on any atom is -0.372 e. The maximum Gasteiger partial charge on any atom is 0.0487 e. The third-order valence-electron chi connectivity index (χ3n) is 5.95. The molecule has 0 spiro atoms. The zero-order valence-corrected chi connectivity index (χ0v) is 17.6. The summed E-state index contributed by atoms with van der Waals surface area (Å²) in [6, 6.07) is 26.1. The van der Waals surface area contributed by atoms with Crippen molar-refractivity contribution in [3.05, 3.63) is 96.1 Å². The second-order valence-electron chi connectivity index (χ2n) is 7.98. The van der Waals surface area contributed by atoms with Gasteiger partial charge in [-0.25, -0.2) is 0 Å². The van der Waals surface area contributed by atoms with Crippen LogP contribution in [0, 0.1) is 6.92 Å². The molecule has 1 aliphatic rings. The molecule has 1 saturated heterocycles. The molecule has 3 aromatic rings. The van der Waals surface area contributed by atoms with Crippen molar-refractivity contribution >= 4 is 22.6 Å². The summed E-state index contributed by atoms with van der Waals surface area (Å²) in [5.41, 5.74) is 8.35. The Hall–Kier alpha value is -3.00. The number of rotatable bonds is 5. The first-order chi connectivity index (χ1) is 14.1. The van der Waals surface area contributed by atoms with Gasteiger partial charge in [-0.1, -0.05) is 54.6 Å². The minimum absolute atomic E-state index is 1.06. The predicted molar refractivity (Wildman–Crippen MR) is 126 cm³/mol. The number of piperidine rings is 1. The maximum absolute atomic E-state index is 4.45. The monoisotopic (exact) mass is 382 g/mol. The minimum atomic E-state index is 1.06. The van der Waals surface area contributed by atoms with E-state index in [4.69, 9.17) is 0 Å². The van der Waals surface area contributed by atoms with Crippen LogP contribution in [0.15, 0.2) is 79.4 Å². The Morgan fingerprint density at radius 1 is 0.828 bits per heavy atom. The molecule has 4 rings (SSSR count). The zero-order valence-electron chi connectivity index (χ0n) is 17.6. The van der Waals surface area contributed by atoms with Crippen LogP contribution in [-0.2, 0) is 0 Å². The summed E-state index contributed by atoms with van der Waals surface area (Å²) in [5, 5.41) is 0. The molecule has 1 aliphatic heterocycles. The van der Waals surface area contributed by atoms with Gasteiger partial charge in [0, 0.05) is 42.8 Å². The summed E-state index contributed by atoms with van der Waals surface area (Å²) in [6.07, 6.45) is 3.96. The highest BCUT2D eigenvalue weighted by Crippen LogP contribution is 2.34. The molecule has 2 heteroatoms. The van der Waals surface area contributed by atoms with E-state index in [-0.39, 0.29) is 0 Å². The van der Waals surface area contributed by atoms with E-state index < -0.39 is 0 Å². The van der Waals surface area contributed by atoms with E-state index in [9.17, 15) is 0 Å². The van der Waals surface area contributed by atoms with E-state index in [1.54, 1.807) is 0 Å². The average molecular weight is 383 g/mol. The molecular weight excluding hydrogens is 352 g/mol. The Morgan fingerprint density at radius 3 is 2.17 bits per heavy atom. The van der Waals surface area contributed by atoms with Gasteiger partial charge >= 0.3 is 0 Å². The summed E-state index contributed by atoms with van der Waals surface area (Å²) in [7, 11) is 2.12. The van der Waals surface area contributed by atoms with Gasteiger partial charge in [-0.15, -0.1) is 0 Å². The molecule has 0 unspecified atom stereocenters. The molecule has 1 fully saturated rings. The lowest BCUT2D eigenvalue weighted by molar-refractivity contribution is 0.578. The van der Waals surface area contributed by atoms with Gasteiger partial charge in [0.05, 0.1) is 0 Å². The maximum atomic E-state index is 4.45. The Kier molecular flexibility index (Phi) is 5.71. The second kappa shape index (κ2) is 8.57. The number of hydrogen-bond acceptors (Lipinski definition) is 2. The van der Waals surface area contributed by atoms with Crippen LogP contribution >= 0.6 is 0 Å². The van der Waals surface area contributed by atoms with Crippen LogP contribution in [0.4, 0.5) is 17.1 Å². The molecule has 1 heterocycles. The molecule has 2 nitrogen and oxygen atoms in total. The summed E-state index contributed by atoms with van der Waals surface area (Å²) in [5.74, 6) is 0. The molecule has 0 radical (unpaired) electrons. The van der Waals surface area contributed by atoms with E-state index in [0.29, 0.717) is 0 Å². The third-order valence-corrected chi connectivity index (χ3v) is 5.95.